The third-order valence-electron chi connectivity index (χ3n) is 4.86. The summed E-state index contributed by atoms with van der Waals surface area (Å²) < 4.78 is 9.07. The van der Waals surface area contributed by atoms with Crippen LogP contribution in [0.15, 0.2) is 66.0 Å². The third-order valence-corrected chi connectivity index (χ3v) is 5.83. The molecule has 0 spiro atoms. The molecule has 4 rings (SSSR count). The highest BCUT2D eigenvalue weighted by molar-refractivity contribution is 7.99. The monoisotopic (exact) mass is 448 g/mol. The highest BCUT2D eigenvalue weighted by Crippen LogP contribution is 2.32. The Morgan fingerprint density at radius 3 is 2.59 bits per heavy atom. The average Bonchev–Trinajstić information content (AvgIpc) is 3.41. The summed E-state index contributed by atoms with van der Waals surface area (Å²) in [5.41, 5.74) is 3.40. The molecule has 164 valence electrons. The van der Waals surface area contributed by atoms with Gasteiger partial charge >= 0.3 is 0 Å². The smallest absolute Gasteiger partial charge is 0.234 e. The summed E-state index contributed by atoms with van der Waals surface area (Å²) in [4.78, 5) is 12.5. The van der Waals surface area contributed by atoms with E-state index in [0.29, 0.717) is 23.1 Å². The van der Waals surface area contributed by atoms with Crippen molar-refractivity contribution in [2.24, 2.45) is 7.05 Å². The van der Waals surface area contributed by atoms with Crippen molar-refractivity contribution < 1.29 is 9.53 Å². The molecule has 0 saturated carbocycles. The maximum Gasteiger partial charge on any atom is 0.234 e. The molecule has 0 unspecified atom stereocenters. The minimum atomic E-state index is -0.141. The van der Waals surface area contributed by atoms with Gasteiger partial charge in [-0.25, -0.2) is 0 Å². The number of carbonyl (C=O) groups excluding carboxylic acids is 1. The first-order valence-corrected chi connectivity index (χ1v) is 11.2. The molecule has 32 heavy (non-hydrogen) atoms. The van der Waals surface area contributed by atoms with Crippen molar-refractivity contribution in [2.45, 2.75) is 18.6 Å². The standard InChI is InChI=1S/C23H24N6O2S/c1-4-29-22(17-14-28(2)27-21(17)16-10-6-5-7-11-16)25-26-23(29)32-15-20(30)24-18-12-8-9-13-19(18)31-3/h5-14H,4,15H2,1-3H3,(H,24,30). The molecule has 2 aromatic carbocycles. The van der Waals surface area contributed by atoms with Crippen molar-refractivity contribution in [1.29, 1.82) is 0 Å². The molecule has 0 aliphatic heterocycles. The first-order chi connectivity index (χ1) is 15.6. The van der Waals surface area contributed by atoms with Crippen LogP contribution in [-0.2, 0) is 18.4 Å². The predicted molar refractivity (Wildman–Crippen MR) is 126 cm³/mol. The molecule has 0 radical (unpaired) electrons. The maximum absolute atomic E-state index is 12.5. The van der Waals surface area contributed by atoms with E-state index in [-0.39, 0.29) is 11.7 Å². The molecule has 0 fully saturated rings. The average molecular weight is 449 g/mol. The fourth-order valence-electron chi connectivity index (χ4n) is 3.41. The number of carbonyl (C=O) groups is 1. The van der Waals surface area contributed by atoms with Gasteiger partial charge in [0.15, 0.2) is 11.0 Å². The SMILES string of the molecule is CCn1c(SCC(=O)Nc2ccccc2OC)nnc1-c1cn(C)nc1-c1ccccc1. The molecule has 1 N–H and O–H groups in total. The molecule has 9 heteroatoms. The minimum absolute atomic E-state index is 0.141. The normalized spacial score (nSPS) is 10.8. The molecule has 4 aromatic rings. The molecule has 0 atom stereocenters. The van der Waals surface area contributed by atoms with Gasteiger partial charge in [0.2, 0.25) is 5.91 Å². The largest absolute Gasteiger partial charge is 0.495 e. The van der Waals surface area contributed by atoms with E-state index in [4.69, 9.17) is 4.74 Å². The highest BCUT2D eigenvalue weighted by atomic mass is 32.2. The molecule has 1 amide bonds. The van der Waals surface area contributed by atoms with Crippen LogP contribution in [-0.4, -0.2) is 43.3 Å². The number of hydrogen-bond acceptors (Lipinski definition) is 6. The summed E-state index contributed by atoms with van der Waals surface area (Å²) in [5.74, 6) is 1.41. The number of methoxy groups -OCH3 is 1. The fourth-order valence-corrected chi connectivity index (χ4v) is 4.21. The van der Waals surface area contributed by atoms with E-state index < -0.39 is 0 Å². The quantitative estimate of drug-likeness (QED) is 0.408. The van der Waals surface area contributed by atoms with Crippen LogP contribution in [0.5, 0.6) is 5.75 Å². The Labute approximate surface area is 190 Å². The van der Waals surface area contributed by atoms with Crippen molar-refractivity contribution >= 4 is 23.4 Å². The number of thioether (sulfide) groups is 1. The lowest BCUT2D eigenvalue weighted by molar-refractivity contribution is -0.113. The number of para-hydroxylation sites is 2. The van der Waals surface area contributed by atoms with Gasteiger partial charge in [0.05, 0.1) is 24.1 Å². The topological polar surface area (TPSA) is 86.9 Å². The second-order valence-electron chi connectivity index (χ2n) is 7.02. The number of amides is 1. The molecule has 0 aliphatic carbocycles. The number of ether oxygens (including phenoxy) is 1. The van der Waals surface area contributed by atoms with Gasteiger partial charge in [0, 0.05) is 25.4 Å². The number of nitrogens with zero attached hydrogens (tertiary/aromatic N) is 5. The van der Waals surface area contributed by atoms with E-state index in [1.54, 1.807) is 17.9 Å². The Morgan fingerprint density at radius 1 is 1.09 bits per heavy atom. The van der Waals surface area contributed by atoms with Crippen LogP contribution < -0.4 is 10.1 Å². The van der Waals surface area contributed by atoms with Crippen molar-refractivity contribution in [3.05, 3.63) is 60.8 Å². The van der Waals surface area contributed by atoms with E-state index >= 15 is 0 Å². The van der Waals surface area contributed by atoms with Crippen molar-refractivity contribution in [3.63, 3.8) is 0 Å². The lowest BCUT2D eigenvalue weighted by Gasteiger charge is -2.10. The van der Waals surface area contributed by atoms with Crippen molar-refractivity contribution in [2.75, 3.05) is 18.2 Å². The van der Waals surface area contributed by atoms with E-state index in [1.807, 2.05) is 73.3 Å². The van der Waals surface area contributed by atoms with Gasteiger partial charge in [-0.2, -0.15) is 5.10 Å². The van der Waals surface area contributed by atoms with Gasteiger partial charge < -0.3 is 14.6 Å². The van der Waals surface area contributed by atoms with Gasteiger partial charge in [-0.05, 0) is 19.1 Å². The van der Waals surface area contributed by atoms with Crippen LogP contribution in [0.25, 0.3) is 22.6 Å². The number of rotatable bonds is 8. The molecule has 0 bridgehead atoms. The van der Waals surface area contributed by atoms with Gasteiger partial charge in [-0.3, -0.25) is 9.48 Å². The Balaban J connectivity index is 1.54. The highest BCUT2D eigenvalue weighted by Gasteiger charge is 2.20. The molecular weight excluding hydrogens is 424 g/mol. The zero-order chi connectivity index (χ0) is 22.5. The van der Waals surface area contributed by atoms with Gasteiger partial charge in [-0.1, -0.05) is 54.2 Å². The zero-order valence-electron chi connectivity index (χ0n) is 18.1. The third kappa shape index (κ3) is 4.52. The second-order valence-corrected chi connectivity index (χ2v) is 7.96. The van der Waals surface area contributed by atoms with Crippen LogP contribution in [0.1, 0.15) is 6.92 Å². The van der Waals surface area contributed by atoms with Crippen LogP contribution >= 0.6 is 11.8 Å². The van der Waals surface area contributed by atoms with E-state index in [9.17, 15) is 4.79 Å². The van der Waals surface area contributed by atoms with E-state index in [1.165, 1.54) is 11.8 Å². The first kappa shape index (κ1) is 21.6. The molecule has 2 heterocycles. The van der Waals surface area contributed by atoms with E-state index in [2.05, 4.69) is 20.6 Å². The minimum Gasteiger partial charge on any atom is -0.495 e. The number of hydrogen-bond donors (Lipinski definition) is 1. The van der Waals surface area contributed by atoms with Gasteiger partial charge in [0.1, 0.15) is 11.4 Å². The lowest BCUT2D eigenvalue weighted by atomic mass is 10.1. The van der Waals surface area contributed by atoms with E-state index in [0.717, 1.165) is 22.6 Å². The Hall–Kier alpha value is -3.59. The van der Waals surface area contributed by atoms with Crippen molar-refractivity contribution in [3.8, 4) is 28.4 Å². The Kier molecular flexibility index (Phi) is 6.55. The molecule has 0 saturated heterocycles. The molecular formula is C23H24N6O2S. The number of nitrogens with one attached hydrogen (secondary N) is 1. The van der Waals surface area contributed by atoms with Crippen LogP contribution in [0.3, 0.4) is 0 Å². The number of aryl methyl sites for hydroxylation is 1. The van der Waals surface area contributed by atoms with Crippen LogP contribution in [0.4, 0.5) is 5.69 Å². The summed E-state index contributed by atoms with van der Waals surface area (Å²) in [6, 6.07) is 17.3. The number of aromatic nitrogens is 5. The first-order valence-electron chi connectivity index (χ1n) is 10.2. The zero-order valence-corrected chi connectivity index (χ0v) is 19.0. The summed E-state index contributed by atoms with van der Waals surface area (Å²) in [6.45, 7) is 2.70. The molecule has 0 aliphatic rings. The molecule has 8 nitrogen and oxygen atoms in total. The van der Waals surface area contributed by atoms with Crippen LogP contribution in [0.2, 0.25) is 0 Å². The second kappa shape index (κ2) is 9.69. The summed E-state index contributed by atoms with van der Waals surface area (Å²) >= 11 is 1.35. The van der Waals surface area contributed by atoms with Crippen LogP contribution in [0, 0.1) is 0 Å². The lowest BCUT2D eigenvalue weighted by Crippen LogP contribution is -2.15. The maximum atomic E-state index is 12.5. The van der Waals surface area contributed by atoms with Gasteiger partial charge in [-0.15, -0.1) is 10.2 Å². The fraction of sp³-hybridized carbons (Fsp3) is 0.217. The summed E-state index contributed by atoms with van der Waals surface area (Å²) in [7, 11) is 3.47. The summed E-state index contributed by atoms with van der Waals surface area (Å²) in [6.07, 6.45) is 1.95. The Bertz CT molecular complexity index is 1220. The molecule has 2 aromatic heterocycles. The number of anilines is 1. The predicted octanol–water partition coefficient (Wildman–Crippen LogP) is 4.10. The van der Waals surface area contributed by atoms with Gasteiger partial charge in [0.25, 0.3) is 0 Å². The number of benzene rings is 2. The summed E-state index contributed by atoms with van der Waals surface area (Å²) in [5, 5.41) is 17.0. The van der Waals surface area contributed by atoms with Crippen molar-refractivity contribution in [1.82, 2.24) is 24.5 Å². The Morgan fingerprint density at radius 2 is 1.84 bits per heavy atom.